The first-order chi connectivity index (χ1) is 22.4. The Morgan fingerprint density at radius 2 is 1.54 bits per heavy atom. The Hall–Kier alpha value is -5.31. The van der Waals surface area contributed by atoms with E-state index in [1.54, 1.807) is 26.0 Å². The molecule has 0 fully saturated rings. The summed E-state index contributed by atoms with van der Waals surface area (Å²) in [6.07, 6.45) is 8.88. The molecule has 0 radical (unpaired) electrons. The number of fused-ring (bicyclic) bond motifs is 4. The van der Waals surface area contributed by atoms with E-state index < -0.39 is 69.2 Å². The van der Waals surface area contributed by atoms with Gasteiger partial charge in [-0.15, -0.1) is 0 Å². The number of nitriles is 1. The number of carbonyl (C=O) groups is 4. The quantitative estimate of drug-likeness (QED) is 0.0703. The normalized spacial score (nSPS) is 22.1. The lowest BCUT2D eigenvalue weighted by molar-refractivity contribution is -0.147. The fourth-order valence-electron chi connectivity index (χ4n) is 6.23. The molecule has 48 heavy (non-hydrogen) atoms. The third kappa shape index (κ3) is 5.63. The van der Waals surface area contributed by atoms with Gasteiger partial charge in [-0.3, -0.25) is 29.9 Å². The zero-order valence-electron chi connectivity index (χ0n) is 25.5. The van der Waals surface area contributed by atoms with Crippen molar-refractivity contribution >= 4 is 39.4 Å². The lowest BCUT2D eigenvalue weighted by atomic mass is 9.66. The molecule has 16 heteroatoms. The summed E-state index contributed by atoms with van der Waals surface area (Å²) in [6.45, 7) is 3.24. The van der Waals surface area contributed by atoms with Gasteiger partial charge in [0.1, 0.15) is 11.9 Å². The minimum absolute atomic E-state index is 0.0629. The topological polar surface area (TPSA) is 293 Å². The third-order valence-electron chi connectivity index (χ3n) is 8.63. The molecule has 4 bridgehead atoms. The van der Waals surface area contributed by atoms with Crippen LogP contribution in [0.5, 0.6) is 0 Å². The number of Topliss-reactive ketones (excluding diaryl/α,β-unsaturated/α-hetero) is 2. The van der Waals surface area contributed by atoms with Gasteiger partial charge in [0.05, 0.1) is 34.4 Å². The number of nitrogens with two attached hydrogens (primary N) is 3. The fourth-order valence-corrected chi connectivity index (χ4v) is 7.64. The van der Waals surface area contributed by atoms with E-state index in [1.807, 2.05) is 10.8 Å². The molecule has 0 saturated carbocycles. The van der Waals surface area contributed by atoms with E-state index in [0.29, 0.717) is 22.3 Å². The molecular weight excluding hydrogens is 642 g/mol. The van der Waals surface area contributed by atoms with Crippen molar-refractivity contribution in [1.82, 2.24) is 10.0 Å². The number of nitrogens with zero attached hydrogens (tertiary/aromatic N) is 1. The van der Waals surface area contributed by atoms with Crippen LogP contribution in [0.15, 0.2) is 93.0 Å². The van der Waals surface area contributed by atoms with E-state index in [1.165, 1.54) is 42.5 Å². The molecule has 4 unspecified atom stereocenters. The summed E-state index contributed by atoms with van der Waals surface area (Å²) in [5, 5.41) is 40.2. The predicted molar refractivity (Wildman–Crippen MR) is 170 cm³/mol. The first kappa shape index (κ1) is 34.0. The third-order valence-corrected chi connectivity index (χ3v) is 10.0. The van der Waals surface area contributed by atoms with Crippen LogP contribution in [0.4, 0.5) is 0 Å². The van der Waals surface area contributed by atoms with E-state index >= 15 is 0 Å². The number of nitrogens with one attached hydrogen (secondary N) is 3. The summed E-state index contributed by atoms with van der Waals surface area (Å²) in [5.74, 6) is -8.67. The number of benzene rings is 1. The first-order valence-corrected chi connectivity index (χ1v) is 15.9. The monoisotopic (exact) mass is 673 g/mol. The Kier molecular flexibility index (Phi) is 8.54. The SMILES string of the molecule is Cc1cc(C)cc(S(=O)(=O)N[C@H](C(=O)O)[C@](N)(NC(C(=O)C2c3ccc(C(=N)N)c2c3)C(N)C(=O)O)C(=O)C2c3ccc(C#N)c2c3)c1. The molecule has 0 saturated heterocycles. The fraction of sp³-hybridized carbons (Fsp3) is 0.250. The van der Waals surface area contributed by atoms with E-state index in [4.69, 9.17) is 22.6 Å². The number of rotatable bonds is 14. The number of aryl methyl sites for hydroxylation is 2. The van der Waals surface area contributed by atoms with Crippen LogP contribution in [0.3, 0.4) is 0 Å². The highest BCUT2D eigenvalue weighted by molar-refractivity contribution is 7.89. The van der Waals surface area contributed by atoms with Crippen LogP contribution < -0.4 is 27.2 Å². The zero-order chi connectivity index (χ0) is 35.5. The smallest absolute Gasteiger partial charge is 0.325 e. The molecule has 0 aromatic heterocycles. The largest absolute Gasteiger partial charge is 0.480 e. The number of ketones is 2. The molecule has 0 heterocycles. The maximum absolute atomic E-state index is 14.5. The Morgan fingerprint density at radius 1 is 0.958 bits per heavy atom. The van der Waals surface area contributed by atoms with Crippen molar-refractivity contribution in [2.45, 2.75) is 42.5 Å². The predicted octanol–water partition coefficient (Wildman–Crippen LogP) is -0.497. The Morgan fingerprint density at radius 3 is 2.06 bits per heavy atom. The maximum Gasteiger partial charge on any atom is 0.325 e. The molecule has 1 aromatic carbocycles. The number of hydrogen-bond donors (Lipinski definition) is 8. The summed E-state index contributed by atoms with van der Waals surface area (Å²) in [6, 6.07) is -0.624. The number of sulfonamides is 1. The van der Waals surface area contributed by atoms with Gasteiger partial charge in [-0.1, -0.05) is 36.4 Å². The van der Waals surface area contributed by atoms with Gasteiger partial charge in [-0.25, -0.2) is 8.42 Å². The molecule has 5 rings (SSSR count). The molecule has 0 aliphatic heterocycles. The second-order valence-corrected chi connectivity index (χ2v) is 13.6. The number of carboxylic acid groups (broad SMARTS) is 2. The lowest BCUT2D eigenvalue weighted by Crippen LogP contribution is -2.78. The zero-order valence-corrected chi connectivity index (χ0v) is 26.3. The number of carbonyl (C=O) groups excluding carboxylic acids is 2. The van der Waals surface area contributed by atoms with Crippen molar-refractivity contribution in [2.24, 2.45) is 29.0 Å². The van der Waals surface area contributed by atoms with Gasteiger partial charge >= 0.3 is 11.9 Å². The highest BCUT2D eigenvalue weighted by Gasteiger charge is 2.57. The summed E-state index contributed by atoms with van der Waals surface area (Å²) in [7, 11) is -4.74. The summed E-state index contributed by atoms with van der Waals surface area (Å²) in [4.78, 5) is 53.4. The standard InChI is InChI=1S/C32H31N7O8S/c1-13-7-14(2)9-18(8-13)48(46,47)39-27(31(44)45)32(37,28(41)23-16-3-4-17(12-33)20(23)10-16)38-25(24(34)30(42)43)26(40)22-15-5-6-19(29(35)36)21(22)11-15/h3-11,22-25,27,38-39H,34,37H2,1-2H3,(H3,35,36)(H,42,43)(H,44,45)/t22?,23?,24?,25?,27-,32+/m1/s1. The minimum atomic E-state index is -4.74. The van der Waals surface area contributed by atoms with Crippen molar-refractivity contribution in [3.63, 3.8) is 0 Å². The molecule has 15 nitrogen and oxygen atoms in total. The van der Waals surface area contributed by atoms with Crippen molar-refractivity contribution in [2.75, 3.05) is 0 Å². The van der Waals surface area contributed by atoms with Crippen LogP contribution in [-0.4, -0.2) is 71.8 Å². The van der Waals surface area contributed by atoms with Crippen molar-refractivity contribution < 1.29 is 37.8 Å². The number of aliphatic carboxylic acids is 2. The molecule has 4 aliphatic carbocycles. The Bertz CT molecular complexity index is 2040. The highest BCUT2D eigenvalue weighted by Crippen LogP contribution is 2.45. The number of hydrogen-bond acceptors (Lipinski definition) is 11. The number of amidine groups is 1. The highest BCUT2D eigenvalue weighted by atomic mass is 32.2. The number of allylic oxidation sites excluding steroid dienone is 10. The van der Waals surface area contributed by atoms with E-state index in [-0.39, 0.29) is 33.0 Å². The van der Waals surface area contributed by atoms with E-state index in [2.05, 4.69) is 5.32 Å². The van der Waals surface area contributed by atoms with Gasteiger partial charge in [0, 0.05) is 5.57 Å². The van der Waals surface area contributed by atoms with Gasteiger partial charge in [-0.05, 0) is 65.5 Å². The van der Waals surface area contributed by atoms with Crippen LogP contribution in [-0.2, 0) is 29.2 Å². The van der Waals surface area contributed by atoms with Gasteiger partial charge in [0.25, 0.3) is 0 Å². The molecule has 1 aromatic rings. The summed E-state index contributed by atoms with van der Waals surface area (Å²) >= 11 is 0. The first-order valence-electron chi connectivity index (χ1n) is 14.4. The maximum atomic E-state index is 14.5. The molecule has 4 aliphatic rings. The van der Waals surface area contributed by atoms with Crippen LogP contribution in [0.1, 0.15) is 11.1 Å². The van der Waals surface area contributed by atoms with Gasteiger partial charge in [-0.2, -0.15) is 9.98 Å². The van der Waals surface area contributed by atoms with Crippen LogP contribution in [0.25, 0.3) is 0 Å². The summed E-state index contributed by atoms with van der Waals surface area (Å²) < 4.78 is 29.3. The minimum Gasteiger partial charge on any atom is -0.480 e. The van der Waals surface area contributed by atoms with E-state index in [9.17, 15) is 43.1 Å². The second kappa shape index (κ2) is 12.0. The molecular formula is C32H31N7O8S. The molecule has 0 spiro atoms. The molecule has 248 valence electrons. The van der Waals surface area contributed by atoms with Crippen molar-refractivity contribution in [3.8, 4) is 6.07 Å². The second-order valence-electron chi connectivity index (χ2n) is 11.9. The van der Waals surface area contributed by atoms with Gasteiger partial charge in [0.15, 0.2) is 23.3 Å². The molecule has 11 N–H and O–H groups in total. The Labute approximate surface area is 274 Å². The summed E-state index contributed by atoms with van der Waals surface area (Å²) in [5.41, 5.74) is 17.7. The van der Waals surface area contributed by atoms with Gasteiger partial charge in [0.2, 0.25) is 10.0 Å². The van der Waals surface area contributed by atoms with Crippen LogP contribution >= 0.6 is 0 Å². The molecule has 6 atom stereocenters. The van der Waals surface area contributed by atoms with Gasteiger partial charge < -0.3 is 27.4 Å². The number of carboxylic acids is 2. The van der Waals surface area contributed by atoms with Crippen molar-refractivity contribution in [1.29, 1.82) is 10.7 Å². The molecule has 0 amide bonds. The lowest BCUT2D eigenvalue weighted by Gasteiger charge is -2.44. The Balaban J connectivity index is 1.62. The van der Waals surface area contributed by atoms with Crippen LogP contribution in [0, 0.1) is 42.4 Å². The average Bonchev–Trinajstić information content (AvgIpc) is 3.01. The van der Waals surface area contributed by atoms with Crippen molar-refractivity contribution in [3.05, 3.63) is 99.2 Å². The average molecular weight is 674 g/mol. The van der Waals surface area contributed by atoms with Crippen LogP contribution in [0.2, 0.25) is 0 Å². The van der Waals surface area contributed by atoms with E-state index in [0.717, 1.165) is 0 Å².